The number of amides is 1. The van der Waals surface area contributed by atoms with Crippen LogP contribution >= 0.6 is 15.9 Å². The zero-order valence-electron chi connectivity index (χ0n) is 13.9. The Morgan fingerprint density at radius 2 is 2.04 bits per heavy atom. The van der Waals surface area contributed by atoms with Crippen LogP contribution in [0.25, 0.3) is 10.9 Å². The molecular formula is C19H17BrN2O3. The van der Waals surface area contributed by atoms with Crippen molar-refractivity contribution in [3.8, 4) is 5.75 Å². The lowest BCUT2D eigenvalue weighted by Gasteiger charge is -2.11. The molecule has 0 radical (unpaired) electrons. The van der Waals surface area contributed by atoms with Crippen LogP contribution in [0, 0.1) is 0 Å². The Morgan fingerprint density at radius 1 is 1.24 bits per heavy atom. The monoisotopic (exact) mass is 400 g/mol. The van der Waals surface area contributed by atoms with E-state index in [0.29, 0.717) is 23.4 Å². The van der Waals surface area contributed by atoms with Crippen LogP contribution in [0.15, 0.2) is 57.9 Å². The van der Waals surface area contributed by atoms with Crippen molar-refractivity contribution in [1.82, 2.24) is 4.57 Å². The number of benzene rings is 2. The molecule has 0 fully saturated rings. The van der Waals surface area contributed by atoms with Crippen LogP contribution in [-0.4, -0.2) is 17.1 Å². The summed E-state index contributed by atoms with van der Waals surface area (Å²) in [6.07, 6.45) is 1.55. The molecule has 0 saturated carbocycles. The molecule has 3 rings (SSSR count). The Hall–Kier alpha value is -2.60. The minimum atomic E-state index is -0.442. The number of halogens is 1. The first-order chi connectivity index (χ1) is 12.0. The Balaban J connectivity index is 2.05. The van der Waals surface area contributed by atoms with Crippen LogP contribution in [0.2, 0.25) is 0 Å². The highest BCUT2D eigenvalue weighted by molar-refractivity contribution is 9.10. The smallest absolute Gasteiger partial charge is 0.261 e. The van der Waals surface area contributed by atoms with Gasteiger partial charge >= 0.3 is 0 Å². The van der Waals surface area contributed by atoms with E-state index in [2.05, 4.69) is 21.2 Å². The molecule has 0 unspecified atom stereocenters. The predicted molar refractivity (Wildman–Crippen MR) is 102 cm³/mol. The van der Waals surface area contributed by atoms with Gasteiger partial charge in [-0.2, -0.15) is 0 Å². The van der Waals surface area contributed by atoms with E-state index in [-0.39, 0.29) is 11.0 Å². The van der Waals surface area contributed by atoms with Crippen LogP contribution in [0.1, 0.15) is 17.3 Å². The summed E-state index contributed by atoms with van der Waals surface area (Å²) >= 11 is 3.36. The maximum atomic E-state index is 12.8. The molecule has 2 aromatic carbocycles. The van der Waals surface area contributed by atoms with Crippen molar-refractivity contribution in [3.63, 3.8) is 0 Å². The van der Waals surface area contributed by atoms with E-state index >= 15 is 0 Å². The van der Waals surface area contributed by atoms with E-state index in [9.17, 15) is 9.59 Å². The molecule has 1 heterocycles. The standard InChI is InChI=1S/C19H17BrN2O3/c1-3-25-14-7-8-17-15(10-14)18(23)16(11-22(17)2)19(24)21-13-6-4-5-12(20)9-13/h4-11H,3H2,1-2H3,(H,21,24). The average Bonchev–Trinajstić information content (AvgIpc) is 2.58. The highest BCUT2D eigenvalue weighted by Crippen LogP contribution is 2.20. The molecule has 1 N–H and O–H groups in total. The first-order valence-electron chi connectivity index (χ1n) is 7.82. The number of aromatic nitrogens is 1. The lowest BCUT2D eigenvalue weighted by atomic mass is 10.1. The number of anilines is 1. The second kappa shape index (κ2) is 7.11. The van der Waals surface area contributed by atoms with Gasteiger partial charge < -0.3 is 14.6 Å². The third kappa shape index (κ3) is 3.58. The fourth-order valence-corrected chi connectivity index (χ4v) is 3.05. The van der Waals surface area contributed by atoms with E-state index in [1.807, 2.05) is 31.2 Å². The molecule has 0 aliphatic heterocycles. The van der Waals surface area contributed by atoms with Gasteiger partial charge in [0.15, 0.2) is 0 Å². The van der Waals surface area contributed by atoms with Gasteiger partial charge in [0, 0.05) is 23.4 Å². The molecule has 1 amide bonds. The normalized spacial score (nSPS) is 10.7. The minimum Gasteiger partial charge on any atom is -0.494 e. The van der Waals surface area contributed by atoms with Gasteiger partial charge in [-0.15, -0.1) is 0 Å². The minimum absolute atomic E-state index is 0.0867. The Morgan fingerprint density at radius 3 is 2.76 bits per heavy atom. The first-order valence-corrected chi connectivity index (χ1v) is 8.62. The highest BCUT2D eigenvalue weighted by atomic mass is 79.9. The molecule has 1 aromatic heterocycles. The SMILES string of the molecule is CCOc1ccc2c(c1)c(=O)c(C(=O)Nc1cccc(Br)c1)cn2C. The summed E-state index contributed by atoms with van der Waals surface area (Å²) in [6.45, 7) is 2.39. The van der Waals surface area contributed by atoms with Gasteiger partial charge in [-0.1, -0.05) is 22.0 Å². The molecule has 0 spiro atoms. The molecular weight excluding hydrogens is 384 g/mol. The van der Waals surface area contributed by atoms with Crippen LogP contribution < -0.4 is 15.5 Å². The highest BCUT2D eigenvalue weighted by Gasteiger charge is 2.15. The average molecular weight is 401 g/mol. The maximum Gasteiger partial charge on any atom is 0.261 e. The number of carbonyl (C=O) groups excluding carboxylic acids is 1. The van der Waals surface area contributed by atoms with Crippen molar-refractivity contribution in [2.45, 2.75) is 6.92 Å². The number of nitrogens with one attached hydrogen (secondary N) is 1. The number of nitrogens with zero attached hydrogens (tertiary/aromatic N) is 1. The van der Waals surface area contributed by atoms with Crippen molar-refractivity contribution in [2.75, 3.05) is 11.9 Å². The Labute approximate surface area is 153 Å². The molecule has 0 aliphatic rings. The first kappa shape index (κ1) is 17.2. The molecule has 3 aromatic rings. The molecule has 0 saturated heterocycles. The van der Waals surface area contributed by atoms with Crippen LogP contribution in [0.3, 0.4) is 0 Å². The number of hydrogen-bond acceptors (Lipinski definition) is 3. The number of carbonyl (C=O) groups is 1. The maximum absolute atomic E-state index is 12.8. The van der Waals surface area contributed by atoms with Gasteiger partial charge in [0.1, 0.15) is 11.3 Å². The van der Waals surface area contributed by atoms with E-state index in [4.69, 9.17) is 4.74 Å². The second-order valence-corrected chi connectivity index (χ2v) is 6.47. The number of fused-ring (bicyclic) bond motifs is 1. The number of ether oxygens (including phenoxy) is 1. The largest absolute Gasteiger partial charge is 0.494 e. The van der Waals surface area contributed by atoms with E-state index in [1.54, 1.807) is 36.0 Å². The molecule has 0 atom stereocenters. The molecule has 128 valence electrons. The zero-order valence-corrected chi connectivity index (χ0v) is 15.5. The quantitative estimate of drug-likeness (QED) is 0.720. The number of aryl methyl sites for hydroxylation is 1. The second-order valence-electron chi connectivity index (χ2n) is 5.56. The van der Waals surface area contributed by atoms with Crippen molar-refractivity contribution in [3.05, 3.63) is 68.9 Å². The van der Waals surface area contributed by atoms with Crippen LogP contribution in [-0.2, 0) is 7.05 Å². The lowest BCUT2D eigenvalue weighted by molar-refractivity contribution is 0.102. The van der Waals surface area contributed by atoms with Gasteiger partial charge in [-0.25, -0.2) is 0 Å². The number of hydrogen-bond donors (Lipinski definition) is 1. The van der Waals surface area contributed by atoms with Gasteiger partial charge in [-0.3, -0.25) is 9.59 Å². The predicted octanol–water partition coefficient (Wildman–Crippen LogP) is 3.95. The lowest BCUT2D eigenvalue weighted by Crippen LogP contribution is -2.23. The summed E-state index contributed by atoms with van der Waals surface area (Å²) in [7, 11) is 1.80. The van der Waals surface area contributed by atoms with E-state index < -0.39 is 5.91 Å². The molecule has 5 nitrogen and oxygen atoms in total. The summed E-state index contributed by atoms with van der Waals surface area (Å²) in [5.41, 5.74) is 1.13. The van der Waals surface area contributed by atoms with Crippen molar-refractivity contribution < 1.29 is 9.53 Å². The summed E-state index contributed by atoms with van der Waals surface area (Å²) < 4.78 is 8.08. The molecule has 0 bridgehead atoms. The third-order valence-electron chi connectivity index (χ3n) is 3.80. The summed E-state index contributed by atoms with van der Waals surface area (Å²) in [5, 5.41) is 3.21. The molecule has 6 heteroatoms. The van der Waals surface area contributed by atoms with Gasteiger partial charge in [0.05, 0.1) is 17.5 Å². The van der Waals surface area contributed by atoms with Gasteiger partial charge in [0.2, 0.25) is 5.43 Å². The number of rotatable bonds is 4. The van der Waals surface area contributed by atoms with E-state index in [0.717, 1.165) is 9.99 Å². The Kier molecular flexibility index (Phi) is 4.90. The zero-order chi connectivity index (χ0) is 18.0. The summed E-state index contributed by atoms with van der Waals surface area (Å²) in [6, 6.07) is 12.5. The van der Waals surface area contributed by atoms with Crippen molar-refractivity contribution >= 4 is 38.4 Å². The molecule has 0 aliphatic carbocycles. The van der Waals surface area contributed by atoms with Crippen molar-refractivity contribution in [1.29, 1.82) is 0 Å². The third-order valence-corrected chi connectivity index (χ3v) is 4.29. The summed E-state index contributed by atoms with van der Waals surface area (Å²) in [5.74, 6) is 0.166. The van der Waals surface area contributed by atoms with Crippen LogP contribution in [0.5, 0.6) is 5.75 Å². The topological polar surface area (TPSA) is 60.3 Å². The fourth-order valence-electron chi connectivity index (χ4n) is 2.65. The Bertz CT molecular complexity index is 1010. The van der Waals surface area contributed by atoms with Gasteiger partial charge in [-0.05, 0) is 43.3 Å². The number of pyridine rings is 1. The van der Waals surface area contributed by atoms with Gasteiger partial charge in [0.25, 0.3) is 5.91 Å². The van der Waals surface area contributed by atoms with Crippen LogP contribution in [0.4, 0.5) is 5.69 Å². The summed E-state index contributed by atoms with van der Waals surface area (Å²) in [4.78, 5) is 25.4. The fraction of sp³-hybridized carbons (Fsp3) is 0.158. The van der Waals surface area contributed by atoms with E-state index in [1.165, 1.54) is 0 Å². The molecule has 25 heavy (non-hydrogen) atoms. The van der Waals surface area contributed by atoms with Crippen molar-refractivity contribution in [2.24, 2.45) is 7.05 Å².